The van der Waals surface area contributed by atoms with Crippen LogP contribution in [-0.2, 0) is 13.1 Å². The Labute approximate surface area is 154 Å². The molecule has 0 unspecified atom stereocenters. The van der Waals surface area contributed by atoms with Crippen LogP contribution in [-0.4, -0.2) is 10.0 Å². The molecular weight excluding hydrogens is 328 g/mol. The Morgan fingerprint density at radius 2 is 1.80 bits per heavy atom. The number of rotatable bonds is 5. The molecule has 3 nitrogen and oxygen atoms in total. The number of aryl methyl sites for hydroxylation is 2. The summed E-state index contributed by atoms with van der Waals surface area (Å²) in [4.78, 5) is 2.12. The second-order valence-corrected chi connectivity index (χ2v) is 6.56. The Balaban J connectivity index is 1.79. The fraction of sp³-hybridized carbons (Fsp3) is 0.190. The minimum atomic E-state index is 0.624. The third-order valence-corrected chi connectivity index (χ3v) is 4.43. The summed E-state index contributed by atoms with van der Waals surface area (Å²) < 4.78 is 5.52. The number of hydrogen-bond donors (Lipinski definition) is 1. The molecule has 0 radical (unpaired) electrons. The first kappa shape index (κ1) is 17.2. The summed E-state index contributed by atoms with van der Waals surface area (Å²) in [5, 5.41) is 4.09. The van der Waals surface area contributed by atoms with E-state index in [4.69, 9.17) is 16.6 Å². The van der Waals surface area contributed by atoms with Crippen LogP contribution in [0.4, 0.5) is 5.69 Å². The molecule has 0 saturated carbocycles. The maximum atomic E-state index is 5.71. The van der Waals surface area contributed by atoms with Gasteiger partial charge in [-0.2, -0.15) is 0 Å². The zero-order chi connectivity index (χ0) is 17.6. The fourth-order valence-electron chi connectivity index (χ4n) is 2.66. The van der Waals surface area contributed by atoms with Crippen molar-refractivity contribution in [2.24, 2.45) is 0 Å². The lowest BCUT2D eigenvalue weighted by molar-refractivity contribution is 0.360. The van der Waals surface area contributed by atoms with E-state index in [0.29, 0.717) is 11.7 Å². The predicted octanol–water partition coefficient (Wildman–Crippen LogP) is 5.30. The first-order valence-corrected chi connectivity index (χ1v) is 8.72. The topological polar surface area (TPSA) is 28.4 Å². The van der Waals surface area contributed by atoms with Crippen molar-refractivity contribution in [3.8, 4) is 0 Å². The van der Waals surface area contributed by atoms with Gasteiger partial charge in [-0.25, -0.2) is 0 Å². The molecule has 1 N–H and O–H groups in total. The predicted molar refractivity (Wildman–Crippen MR) is 107 cm³/mol. The monoisotopic (exact) mass is 350 g/mol. The van der Waals surface area contributed by atoms with Crippen molar-refractivity contribution in [1.82, 2.24) is 4.90 Å². The normalized spacial score (nSPS) is 10.5. The van der Waals surface area contributed by atoms with Gasteiger partial charge in [-0.3, -0.25) is 0 Å². The van der Waals surface area contributed by atoms with Gasteiger partial charge in [-0.05, 0) is 61.0 Å². The van der Waals surface area contributed by atoms with E-state index < -0.39 is 0 Å². The van der Waals surface area contributed by atoms with E-state index in [1.165, 1.54) is 16.7 Å². The van der Waals surface area contributed by atoms with Crippen LogP contribution in [0.25, 0.3) is 0 Å². The number of nitrogens with zero attached hydrogens (tertiary/aromatic N) is 1. The molecule has 0 spiro atoms. The molecule has 128 valence electrons. The lowest BCUT2D eigenvalue weighted by Gasteiger charge is -2.26. The minimum Gasteiger partial charge on any atom is -0.467 e. The maximum absolute atomic E-state index is 5.71. The maximum Gasteiger partial charge on any atom is 0.174 e. The van der Waals surface area contributed by atoms with Crippen molar-refractivity contribution in [3.05, 3.63) is 89.4 Å². The molecule has 25 heavy (non-hydrogen) atoms. The molecular formula is C21H22N2OS. The molecule has 4 heteroatoms. The van der Waals surface area contributed by atoms with E-state index in [1.54, 1.807) is 6.26 Å². The number of nitrogens with one attached hydrogen (secondary N) is 1. The average Bonchev–Trinajstić information content (AvgIpc) is 3.11. The molecule has 0 aliphatic heterocycles. The van der Waals surface area contributed by atoms with E-state index >= 15 is 0 Å². The molecule has 3 rings (SSSR count). The zero-order valence-corrected chi connectivity index (χ0v) is 15.3. The van der Waals surface area contributed by atoms with Gasteiger partial charge >= 0.3 is 0 Å². The molecule has 0 aliphatic rings. The molecule has 0 fully saturated rings. The van der Waals surface area contributed by atoms with Gasteiger partial charge in [0.1, 0.15) is 5.76 Å². The second-order valence-electron chi connectivity index (χ2n) is 6.17. The fourth-order valence-corrected chi connectivity index (χ4v) is 2.90. The van der Waals surface area contributed by atoms with Crippen molar-refractivity contribution in [2.45, 2.75) is 26.9 Å². The molecule has 0 amide bonds. The molecule has 0 bridgehead atoms. The number of hydrogen-bond acceptors (Lipinski definition) is 2. The molecule has 1 heterocycles. The first-order valence-electron chi connectivity index (χ1n) is 8.31. The molecule has 3 aromatic rings. The third kappa shape index (κ3) is 4.70. The summed E-state index contributed by atoms with van der Waals surface area (Å²) in [6, 6.07) is 20.5. The molecule has 0 atom stereocenters. The number of benzene rings is 2. The summed E-state index contributed by atoms with van der Waals surface area (Å²) in [7, 11) is 0. The van der Waals surface area contributed by atoms with E-state index in [9.17, 15) is 0 Å². The molecule has 1 aromatic heterocycles. The standard InChI is InChI=1S/C21H22N2OS/c1-16-10-11-17(2)20(13-16)22-21(25)23(15-19-9-6-12-24-19)14-18-7-4-3-5-8-18/h3-13H,14-15H2,1-2H3,(H,22,25). The summed E-state index contributed by atoms with van der Waals surface area (Å²) in [6.07, 6.45) is 1.69. The zero-order valence-electron chi connectivity index (χ0n) is 14.5. The van der Waals surface area contributed by atoms with Gasteiger partial charge in [0, 0.05) is 12.2 Å². The highest BCUT2D eigenvalue weighted by atomic mass is 32.1. The van der Waals surface area contributed by atoms with E-state index in [-0.39, 0.29) is 0 Å². The largest absolute Gasteiger partial charge is 0.467 e. The van der Waals surface area contributed by atoms with Crippen LogP contribution in [0, 0.1) is 13.8 Å². The van der Waals surface area contributed by atoms with Crippen LogP contribution in [0.15, 0.2) is 71.3 Å². The number of furan rings is 1. The van der Waals surface area contributed by atoms with Crippen LogP contribution >= 0.6 is 12.2 Å². The second kappa shape index (κ2) is 7.99. The highest BCUT2D eigenvalue weighted by molar-refractivity contribution is 7.80. The van der Waals surface area contributed by atoms with Crippen LogP contribution in [0.2, 0.25) is 0 Å². The lowest BCUT2D eigenvalue weighted by Crippen LogP contribution is -2.34. The van der Waals surface area contributed by atoms with Gasteiger partial charge in [-0.15, -0.1) is 0 Å². The van der Waals surface area contributed by atoms with Gasteiger partial charge in [0.15, 0.2) is 5.11 Å². The summed E-state index contributed by atoms with van der Waals surface area (Å²) in [5.74, 6) is 0.890. The van der Waals surface area contributed by atoms with Crippen LogP contribution < -0.4 is 5.32 Å². The van der Waals surface area contributed by atoms with E-state index in [1.807, 2.05) is 30.3 Å². The minimum absolute atomic E-state index is 0.624. The Kier molecular flexibility index (Phi) is 5.51. The van der Waals surface area contributed by atoms with Gasteiger partial charge < -0.3 is 14.6 Å². The van der Waals surface area contributed by atoms with Crippen molar-refractivity contribution in [1.29, 1.82) is 0 Å². The van der Waals surface area contributed by atoms with Crippen LogP contribution in [0.3, 0.4) is 0 Å². The Bertz CT molecular complexity index is 828. The summed E-state index contributed by atoms with van der Waals surface area (Å²) in [5.41, 5.74) is 4.63. The molecule has 0 aliphatic carbocycles. The Hall–Kier alpha value is -2.59. The summed E-state index contributed by atoms with van der Waals surface area (Å²) >= 11 is 5.71. The summed E-state index contributed by atoms with van der Waals surface area (Å²) in [6.45, 7) is 5.51. The van der Waals surface area contributed by atoms with Gasteiger partial charge in [0.2, 0.25) is 0 Å². The Morgan fingerprint density at radius 3 is 2.52 bits per heavy atom. The van der Waals surface area contributed by atoms with E-state index in [2.05, 4.69) is 54.4 Å². The smallest absolute Gasteiger partial charge is 0.174 e. The Morgan fingerprint density at radius 1 is 1.00 bits per heavy atom. The van der Waals surface area contributed by atoms with E-state index in [0.717, 1.165) is 18.0 Å². The van der Waals surface area contributed by atoms with Crippen LogP contribution in [0.5, 0.6) is 0 Å². The van der Waals surface area contributed by atoms with Crippen molar-refractivity contribution < 1.29 is 4.42 Å². The quantitative estimate of drug-likeness (QED) is 0.633. The number of thiocarbonyl (C=S) groups is 1. The van der Waals surface area contributed by atoms with Crippen molar-refractivity contribution >= 4 is 23.0 Å². The number of anilines is 1. The lowest BCUT2D eigenvalue weighted by atomic mass is 10.1. The third-order valence-electron chi connectivity index (χ3n) is 4.06. The van der Waals surface area contributed by atoms with Gasteiger partial charge in [-0.1, -0.05) is 42.5 Å². The average molecular weight is 350 g/mol. The molecule has 0 saturated heterocycles. The van der Waals surface area contributed by atoms with Crippen LogP contribution in [0.1, 0.15) is 22.5 Å². The van der Waals surface area contributed by atoms with Crippen molar-refractivity contribution in [2.75, 3.05) is 5.32 Å². The first-order chi connectivity index (χ1) is 12.1. The van der Waals surface area contributed by atoms with Crippen molar-refractivity contribution in [3.63, 3.8) is 0 Å². The molecule has 2 aromatic carbocycles. The van der Waals surface area contributed by atoms with Gasteiger partial charge in [0.25, 0.3) is 0 Å². The van der Waals surface area contributed by atoms with Gasteiger partial charge in [0.05, 0.1) is 12.8 Å². The highest BCUT2D eigenvalue weighted by Crippen LogP contribution is 2.19. The highest BCUT2D eigenvalue weighted by Gasteiger charge is 2.14. The SMILES string of the molecule is Cc1ccc(C)c(NC(=S)N(Cc2ccccc2)Cc2ccco2)c1.